The number of esters is 1. The van der Waals surface area contributed by atoms with E-state index in [0.29, 0.717) is 11.3 Å². The van der Waals surface area contributed by atoms with Crippen LogP contribution in [0.1, 0.15) is 17.5 Å². The molecule has 1 aromatic heterocycles. The lowest BCUT2D eigenvalue weighted by molar-refractivity contribution is -0.142. The molecular weight excluding hydrogens is 248 g/mol. The van der Waals surface area contributed by atoms with Gasteiger partial charge in [0.1, 0.15) is 11.6 Å². The number of ether oxygens (including phenoxy) is 1. The fourth-order valence-electron chi connectivity index (χ4n) is 1.68. The van der Waals surface area contributed by atoms with Crippen LogP contribution in [0.2, 0.25) is 0 Å². The number of amides is 1. The summed E-state index contributed by atoms with van der Waals surface area (Å²) in [5.41, 5.74) is 6.79. The molecule has 0 radical (unpaired) electrons. The first-order valence-corrected chi connectivity index (χ1v) is 5.69. The van der Waals surface area contributed by atoms with Crippen LogP contribution in [0.25, 0.3) is 11.0 Å². The van der Waals surface area contributed by atoms with Crippen molar-refractivity contribution in [2.24, 2.45) is 0 Å². The average Bonchev–Trinajstić information content (AvgIpc) is 2.80. The molecule has 0 aliphatic heterocycles. The number of rotatable bonds is 3. The molecular formula is C13H14N2O4. The van der Waals surface area contributed by atoms with Gasteiger partial charge in [-0.15, -0.1) is 0 Å². The van der Waals surface area contributed by atoms with Gasteiger partial charge in [-0.05, 0) is 31.2 Å². The fourth-order valence-corrected chi connectivity index (χ4v) is 1.68. The van der Waals surface area contributed by atoms with Gasteiger partial charge in [0.05, 0.1) is 7.11 Å². The van der Waals surface area contributed by atoms with Crippen molar-refractivity contribution in [1.82, 2.24) is 5.32 Å². The highest BCUT2D eigenvalue weighted by Crippen LogP contribution is 2.21. The topological polar surface area (TPSA) is 94.6 Å². The van der Waals surface area contributed by atoms with Gasteiger partial charge in [0.15, 0.2) is 5.76 Å². The van der Waals surface area contributed by atoms with E-state index in [1.54, 1.807) is 24.3 Å². The molecule has 6 nitrogen and oxygen atoms in total. The van der Waals surface area contributed by atoms with E-state index in [0.717, 1.165) is 5.39 Å². The van der Waals surface area contributed by atoms with Gasteiger partial charge in [-0.25, -0.2) is 4.79 Å². The molecule has 19 heavy (non-hydrogen) atoms. The first kappa shape index (κ1) is 12.9. The summed E-state index contributed by atoms with van der Waals surface area (Å²) in [4.78, 5) is 23.1. The lowest BCUT2D eigenvalue weighted by Gasteiger charge is -2.09. The normalized spacial score (nSPS) is 12.1. The summed E-state index contributed by atoms with van der Waals surface area (Å²) < 4.78 is 9.90. The van der Waals surface area contributed by atoms with Crippen molar-refractivity contribution in [1.29, 1.82) is 0 Å². The van der Waals surface area contributed by atoms with E-state index in [1.807, 2.05) is 0 Å². The Bertz CT molecular complexity index is 633. The van der Waals surface area contributed by atoms with E-state index >= 15 is 0 Å². The molecule has 0 saturated carbocycles. The minimum Gasteiger partial charge on any atom is -0.467 e. The van der Waals surface area contributed by atoms with Crippen molar-refractivity contribution < 1.29 is 18.7 Å². The number of anilines is 1. The monoisotopic (exact) mass is 262 g/mol. The molecule has 0 aliphatic carbocycles. The third kappa shape index (κ3) is 2.67. The molecule has 0 fully saturated rings. The number of fused-ring (bicyclic) bond motifs is 1. The van der Waals surface area contributed by atoms with Gasteiger partial charge < -0.3 is 20.2 Å². The highest BCUT2D eigenvalue weighted by molar-refractivity contribution is 5.98. The third-order valence-electron chi connectivity index (χ3n) is 2.67. The third-order valence-corrected chi connectivity index (χ3v) is 2.67. The van der Waals surface area contributed by atoms with Gasteiger partial charge in [0, 0.05) is 11.1 Å². The first-order valence-electron chi connectivity index (χ1n) is 5.69. The van der Waals surface area contributed by atoms with Crippen LogP contribution >= 0.6 is 0 Å². The van der Waals surface area contributed by atoms with Crippen LogP contribution in [0, 0.1) is 0 Å². The van der Waals surface area contributed by atoms with Crippen LogP contribution in [-0.2, 0) is 9.53 Å². The number of benzene rings is 1. The van der Waals surface area contributed by atoms with Crippen LogP contribution in [-0.4, -0.2) is 25.0 Å². The molecule has 6 heteroatoms. The molecule has 1 amide bonds. The number of nitrogens with one attached hydrogen (secondary N) is 1. The number of nitrogen functional groups attached to an aromatic ring is 1. The summed E-state index contributed by atoms with van der Waals surface area (Å²) in [6, 6.07) is 5.91. The van der Waals surface area contributed by atoms with E-state index in [1.165, 1.54) is 14.0 Å². The largest absolute Gasteiger partial charge is 0.467 e. The van der Waals surface area contributed by atoms with Gasteiger partial charge in [0.2, 0.25) is 0 Å². The van der Waals surface area contributed by atoms with Gasteiger partial charge in [-0.1, -0.05) is 0 Å². The smallest absolute Gasteiger partial charge is 0.328 e. The summed E-state index contributed by atoms with van der Waals surface area (Å²) in [7, 11) is 1.26. The molecule has 1 unspecified atom stereocenters. The van der Waals surface area contributed by atoms with Gasteiger partial charge in [-0.2, -0.15) is 0 Å². The number of hydrogen-bond acceptors (Lipinski definition) is 5. The van der Waals surface area contributed by atoms with E-state index in [9.17, 15) is 9.59 Å². The number of methoxy groups -OCH3 is 1. The minimum atomic E-state index is -0.740. The molecule has 2 rings (SSSR count). The Labute approximate surface area is 109 Å². The number of nitrogens with two attached hydrogens (primary N) is 1. The SMILES string of the molecule is COC(=O)C(C)NC(=O)c1cc2cc(N)ccc2o1. The highest BCUT2D eigenvalue weighted by atomic mass is 16.5. The van der Waals surface area contributed by atoms with Crippen LogP contribution in [0.3, 0.4) is 0 Å². The lowest BCUT2D eigenvalue weighted by Crippen LogP contribution is -2.38. The van der Waals surface area contributed by atoms with E-state index in [-0.39, 0.29) is 5.76 Å². The number of carbonyl (C=O) groups is 2. The van der Waals surface area contributed by atoms with E-state index < -0.39 is 17.9 Å². The van der Waals surface area contributed by atoms with Gasteiger partial charge in [-0.3, -0.25) is 4.79 Å². The molecule has 100 valence electrons. The predicted molar refractivity (Wildman–Crippen MR) is 69.6 cm³/mol. The zero-order valence-corrected chi connectivity index (χ0v) is 10.6. The van der Waals surface area contributed by atoms with Crippen LogP contribution < -0.4 is 11.1 Å². The molecule has 0 saturated heterocycles. The highest BCUT2D eigenvalue weighted by Gasteiger charge is 2.19. The van der Waals surface area contributed by atoms with E-state index in [4.69, 9.17) is 10.2 Å². The van der Waals surface area contributed by atoms with Crippen molar-refractivity contribution in [3.8, 4) is 0 Å². The zero-order chi connectivity index (χ0) is 14.0. The van der Waals surface area contributed by atoms with Crippen molar-refractivity contribution in [2.45, 2.75) is 13.0 Å². The summed E-state index contributed by atoms with van der Waals surface area (Å²) >= 11 is 0. The lowest BCUT2D eigenvalue weighted by atomic mass is 10.2. The second-order valence-electron chi connectivity index (χ2n) is 4.13. The van der Waals surface area contributed by atoms with Gasteiger partial charge in [0.25, 0.3) is 5.91 Å². The van der Waals surface area contributed by atoms with Crippen molar-refractivity contribution >= 4 is 28.5 Å². The molecule has 3 N–H and O–H groups in total. The van der Waals surface area contributed by atoms with Crippen LogP contribution in [0.15, 0.2) is 28.7 Å². The Hall–Kier alpha value is -2.50. The summed E-state index contributed by atoms with van der Waals surface area (Å²) in [6.45, 7) is 1.53. The summed E-state index contributed by atoms with van der Waals surface area (Å²) in [5, 5.41) is 3.22. The van der Waals surface area contributed by atoms with Crippen LogP contribution in [0.4, 0.5) is 5.69 Å². The quantitative estimate of drug-likeness (QED) is 0.642. The first-order chi connectivity index (χ1) is 9.01. The Kier molecular flexibility index (Phi) is 3.41. The number of carbonyl (C=O) groups excluding carboxylic acids is 2. The van der Waals surface area contributed by atoms with Crippen molar-refractivity contribution in [2.75, 3.05) is 12.8 Å². The number of hydrogen-bond donors (Lipinski definition) is 2. The molecule has 0 aliphatic rings. The maximum atomic E-state index is 11.9. The van der Waals surface area contributed by atoms with Crippen LogP contribution in [0.5, 0.6) is 0 Å². The molecule has 0 bridgehead atoms. The molecule has 2 aromatic rings. The van der Waals surface area contributed by atoms with Gasteiger partial charge >= 0.3 is 5.97 Å². The fraction of sp³-hybridized carbons (Fsp3) is 0.231. The molecule has 1 heterocycles. The maximum absolute atomic E-state index is 11.9. The number of furan rings is 1. The van der Waals surface area contributed by atoms with Crippen molar-refractivity contribution in [3.63, 3.8) is 0 Å². The average molecular weight is 262 g/mol. The second kappa shape index (κ2) is 5.01. The molecule has 0 spiro atoms. The summed E-state index contributed by atoms with van der Waals surface area (Å²) in [6.07, 6.45) is 0. The molecule has 1 aromatic carbocycles. The minimum absolute atomic E-state index is 0.122. The molecule has 1 atom stereocenters. The maximum Gasteiger partial charge on any atom is 0.328 e. The Morgan fingerprint density at radius 1 is 1.37 bits per heavy atom. The standard InChI is InChI=1S/C13H14N2O4/c1-7(13(17)18-2)15-12(16)11-6-8-5-9(14)3-4-10(8)19-11/h3-7H,14H2,1-2H3,(H,15,16). The predicted octanol–water partition coefficient (Wildman–Crippen LogP) is 1.31. The summed E-state index contributed by atoms with van der Waals surface area (Å²) in [5.74, 6) is -0.877. The van der Waals surface area contributed by atoms with Crippen molar-refractivity contribution in [3.05, 3.63) is 30.0 Å². The Morgan fingerprint density at radius 3 is 2.79 bits per heavy atom. The Balaban J connectivity index is 2.20. The zero-order valence-electron chi connectivity index (χ0n) is 10.6. The Morgan fingerprint density at radius 2 is 2.11 bits per heavy atom. The van der Waals surface area contributed by atoms with E-state index in [2.05, 4.69) is 10.1 Å². The second-order valence-corrected chi connectivity index (χ2v) is 4.13.